The van der Waals surface area contributed by atoms with Gasteiger partial charge in [-0.2, -0.15) is 0 Å². The molecule has 0 saturated heterocycles. The van der Waals surface area contributed by atoms with Crippen molar-refractivity contribution in [2.45, 2.75) is 12.5 Å². The first-order valence-electron chi connectivity index (χ1n) is 6.07. The predicted octanol–water partition coefficient (Wildman–Crippen LogP) is 4.99. The average Bonchev–Trinajstić information content (AvgIpc) is 2.43. The van der Waals surface area contributed by atoms with Crippen molar-refractivity contribution in [2.24, 2.45) is 0 Å². The van der Waals surface area contributed by atoms with Crippen LogP contribution in [-0.2, 0) is 6.42 Å². The largest absolute Gasteiger partial charge is 0.313 e. The average molecular weight is 405 g/mol. The summed E-state index contributed by atoms with van der Waals surface area (Å²) in [5, 5.41) is 3.10. The Morgan fingerprint density at radius 2 is 1.80 bits per heavy atom. The molecule has 1 nitrogen and oxygen atoms in total. The number of halogens is 4. The zero-order valence-electron chi connectivity index (χ0n) is 10.8. The van der Waals surface area contributed by atoms with E-state index in [2.05, 4.69) is 37.2 Å². The first kappa shape index (κ1) is 15.6. The number of hydrogen-bond donors (Lipinski definition) is 1. The fourth-order valence-corrected chi connectivity index (χ4v) is 2.69. The minimum atomic E-state index is -0.322. The Balaban J connectivity index is 2.28. The molecule has 0 aliphatic rings. The SMILES string of the molecule is CNC(Cc1cc(Br)ccc1F)c1ccc(Br)c(F)c1. The van der Waals surface area contributed by atoms with Crippen LogP contribution in [-0.4, -0.2) is 7.05 Å². The quantitative estimate of drug-likeness (QED) is 0.756. The monoisotopic (exact) mass is 403 g/mol. The minimum Gasteiger partial charge on any atom is -0.313 e. The second-order valence-corrected chi connectivity index (χ2v) is 6.22. The van der Waals surface area contributed by atoms with Gasteiger partial charge in [0.1, 0.15) is 11.6 Å². The molecule has 0 radical (unpaired) electrons. The van der Waals surface area contributed by atoms with Crippen LogP contribution in [0.2, 0.25) is 0 Å². The lowest BCUT2D eigenvalue weighted by molar-refractivity contribution is 0.548. The van der Waals surface area contributed by atoms with Gasteiger partial charge in [-0.3, -0.25) is 0 Å². The molecule has 106 valence electrons. The molecule has 20 heavy (non-hydrogen) atoms. The van der Waals surface area contributed by atoms with Gasteiger partial charge in [-0.1, -0.05) is 22.0 Å². The van der Waals surface area contributed by atoms with Crippen LogP contribution in [0.1, 0.15) is 17.2 Å². The van der Waals surface area contributed by atoms with E-state index in [1.165, 1.54) is 12.1 Å². The Hall–Kier alpha value is -0.780. The lowest BCUT2D eigenvalue weighted by atomic mass is 9.98. The molecular formula is C15H13Br2F2N. The fourth-order valence-electron chi connectivity index (χ4n) is 2.04. The summed E-state index contributed by atoms with van der Waals surface area (Å²) in [7, 11) is 1.78. The third kappa shape index (κ3) is 3.65. The Labute approximate surface area is 133 Å². The van der Waals surface area contributed by atoms with Crippen molar-refractivity contribution in [3.63, 3.8) is 0 Å². The van der Waals surface area contributed by atoms with E-state index in [4.69, 9.17) is 0 Å². The van der Waals surface area contributed by atoms with Crippen molar-refractivity contribution < 1.29 is 8.78 Å². The second-order valence-electron chi connectivity index (χ2n) is 4.45. The number of hydrogen-bond acceptors (Lipinski definition) is 1. The maximum Gasteiger partial charge on any atom is 0.137 e. The molecule has 2 aromatic carbocycles. The molecule has 0 amide bonds. The highest BCUT2D eigenvalue weighted by molar-refractivity contribution is 9.10. The van der Waals surface area contributed by atoms with Gasteiger partial charge >= 0.3 is 0 Å². The van der Waals surface area contributed by atoms with Gasteiger partial charge in [0.15, 0.2) is 0 Å². The fraction of sp³-hybridized carbons (Fsp3) is 0.200. The summed E-state index contributed by atoms with van der Waals surface area (Å²) in [6, 6.07) is 9.62. The maximum absolute atomic E-state index is 13.8. The van der Waals surface area contributed by atoms with Crippen molar-refractivity contribution in [1.29, 1.82) is 0 Å². The van der Waals surface area contributed by atoms with E-state index < -0.39 is 0 Å². The number of nitrogens with one attached hydrogen (secondary N) is 1. The smallest absolute Gasteiger partial charge is 0.137 e. The van der Waals surface area contributed by atoms with E-state index in [-0.39, 0.29) is 17.7 Å². The van der Waals surface area contributed by atoms with E-state index in [1.54, 1.807) is 25.2 Å². The molecule has 0 bridgehead atoms. The van der Waals surface area contributed by atoms with Crippen LogP contribution >= 0.6 is 31.9 Å². The summed E-state index contributed by atoms with van der Waals surface area (Å²) in [6.07, 6.45) is 0.447. The maximum atomic E-state index is 13.8. The molecule has 5 heteroatoms. The minimum absolute atomic E-state index is 0.151. The van der Waals surface area contributed by atoms with Crippen molar-refractivity contribution >= 4 is 31.9 Å². The van der Waals surface area contributed by atoms with Gasteiger partial charge in [-0.25, -0.2) is 8.78 Å². The molecule has 1 N–H and O–H groups in total. The zero-order valence-corrected chi connectivity index (χ0v) is 13.9. The summed E-state index contributed by atoms with van der Waals surface area (Å²) in [5.41, 5.74) is 1.37. The third-order valence-corrected chi connectivity index (χ3v) is 4.26. The van der Waals surface area contributed by atoms with E-state index in [9.17, 15) is 8.78 Å². The molecule has 0 spiro atoms. The Morgan fingerprint density at radius 3 is 2.45 bits per heavy atom. The molecule has 1 unspecified atom stereocenters. The normalized spacial score (nSPS) is 12.4. The van der Waals surface area contributed by atoms with Gasteiger partial charge in [-0.15, -0.1) is 0 Å². The van der Waals surface area contributed by atoms with E-state index >= 15 is 0 Å². The Morgan fingerprint density at radius 1 is 1.05 bits per heavy atom. The van der Waals surface area contributed by atoms with Gasteiger partial charge in [0.05, 0.1) is 4.47 Å². The van der Waals surface area contributed by atoms with Gasteiger partial charge in [0.25, 0.3) is 0 Å². The summed E-state index contributed by atoms with van der Waals surface area (Å²) in [4.78, 5) is 0. The van der Waals surface area contributed by atoms with Crippen LogP contribution in [0, 0.1) is 11.6 Å². The third-order valence-electron chi connectivity index (χ3n) is 3.13. The van der Waals surface area contributed by atoms with Gasteiger partial charge in [0, 0.05) is 10.5 Å². The van der Waals surface area contributed by atoms with Crippen LogP contribution in [0.5, 0.6) is 0 Å². The summed E-state index contributed by atoms with van der Waals surface area (Å²) >= 11 is 6.46. The Bertz CT molecular complexity index is 617. The molecule has 0 fully saturated rings. The first-order chi connectivity index (χ1) is 9.51. The van der Waals surface area contributed by atoms with Crippen LogP contribution in [0.4, 0.5) is 8.78 Å². The van der Waals surface area contributed by atoms with E-state index in [0.29, 0.717) is 16.5 Å². The molecule has 0 saturated carbocycles. The molecule has 2 rings (SSSR count). The zero-order chi connectivity index (χ0) is 14.7. The lowest BCUT2D eigenvalue weighted by Gasteiger charge is -2.18. The molecule has 0 heterocycles. The van der Waals surface area contributed by atoms with Crippen molar-refractivity contribution in [3.05, 3.63) is 68.1 Å². The van der Waals surface area contributed by atoms with Crippen molar-refractivity contribution in [3.8, 4) is 0 Å². The van der Waals surface area contributed by atoms with E-state index in [1.807, 2.05) is 6.07 Å². The molecular weight excluding hydrogens is 392 g/mol. The van der Waals surface area contributed by atoms with Crippen LogP contribution < -0.4 is 5.32 Å². The highest BCUT2D eigenvalue weighted by Gasteiger charge is 2.14. The summed E-state index contributed by atoms with van der Waals surface area (Å²) < 4.78 is 28.6. The summed E-state index contributed by atoms with van der Waals surface area (Å²) in [6.45, 7) is 0. The Kier molecular flexibility index (Phi) is 5.29. The molecule has 0 aromatic heterocycles. The van der Waals surface area contributed by atoms with Crippen molar-refractivity contribution in [2.75, 3.05) is 7.05 Å². The van der Waals surface area contributed by atoms with E-state index in [0.717, 1.165) is 10.0 Å². The topological polar surface area (TPSA) is 12.0 Å². The molecule has 2 aromatic rings. The van der Waals surface area contributed by atoms with Crippen LogP contribution in [0.15, 0.2) is 45.3 Å². The second kappa shape index (κ2) is 6.78. The number of likely N-dealkylation sites (N-methyl/N-ethyl adjacent to an activating group) is 1. The van der Waals surface area contributed by atoms with Gasteiger partial charge in [-0.05, 0) is 70.9 Å². The predicted molar refractivity (Wildman–Crippen MR) is 83.7 cm³/mol. The van der Waals surface area contributed by atoms with Gasteiger partial charge < -0.3 is 5.32 Å². The number of benzene rings is 2. The highest BCUT2D eigenvalue weighted by atomic mass is 79.9. The summed E-state index contributed by atoms with van der Waals surface area (Å²) in [5.74, 6) is -0.580. The van der Waals surface area contributed by atoms with Gasteiger partial charge in [0.2, 0.25) is 0 Å². The molecule has 1 atom stereocenters. The highest BCUT2D eigenvalue weighted by Crippen LogP contribution is 2.25. The first-order valence-corrected chi connectivity index (χ1v) is 7.66. The molecule has 0 aliphatic heterocycles. The van der Waals surface area contributed by atoms with Crippen LogP contribution in [0.25, 0.3) is 0 Å². The standard InChI is InChI=1S/C15H13Br2F2N/c1-20-15(9-2-4-12(17)14(19)7-9)8-10-6-11(16)3-5-13(10)18/h2-7,15,20H,8H2,1H3. The lowest BCUT2D eigenvalue weighted by Crippen LogP contribution is -2.19. The molecule has 0 aliphatic carbocycles. The van der Waals surface area contributed by atoms with Crippen molar-refractivity contribution in [1.82, 2.24) is 5.32 Å². The van der Waals surface area contributed by atoms with Crippen LogP contribution in [0.3, 0.4) is 0 Å². The number of rotatable bonds is 4.